The van der Waals surface area contributed by atoms with Crippen molar-refractivity contribution < 1.29 is 4.74 Å². The van der Waals surface area contributed by atoms with Crippen LogP contribution in [0.15, 0.2) is 77.7 Å². The molecular formula is C24H23N3OS. The van der Waals surface area contributed by atoms with E-state index in [1.165, 1.54) is 10.5 Å². The molecule has 0 aliphatic rings. The highest BCUT2D eigenvalue weighted by atomic mass is 32.2. The van der Waals surface area contributed by atoms with Gasteiger partial charge in [-0.25, -0.2) is 9.97 Å². The zero-order valence-electron chi connectivity index (χ0n) is 16.6. The van der Waals surface area contributed by atoms with Crippen molar-refractivity contribution in [2.75, 3.05) is 25.2 Å². The monoisotopic (exact) mass is 401 g/mol. The minimum absolute atomic E-state index is 0.707. The van der Waals surface area contributed by atoms with E-state index in [1.807, 2.05) is 42.5 Å². The lowest BCUT2D eigenvalue weighted by molar-refractivity contribution is 0.415. The van der Waals surface area contributed by atoms with Crippen LogP contribution in [-0.2, 0) is 6.42 Å². The molecule has 0 unspecified atom stereocenters. The minimum Gasteiger partial charge on any atom is -0.497 e. The molecule has 4 nitrogen and oxygen atoms in total. The first-order valence-electron chi connectivity index (χ1n) is 9.55. The third-order valence-electron chi connectivity index (χ3n) is 4.82. The number of hydrogen-bond acceptors (Lipinski definition) is 5. The SMILES string of the molecule is COc1ccc(-c2nc(NCCc3ccc(SC)cc3)c3ccccc3n2)cc1. The Balaban J connectivity index is 1.58. The van der Waals surface area contributed by atoms with Gasteiger partial charge in [-0.2, -0.15) is 0 Å². The molecule has 0 radical (unpaired) electrons. The molecule has 1 heterocycles. The predicted molar refractivity (Wildman–Crippen MR) is 122 cm³/mol. The van der Waals surface area contributed by atoms with Crippen molar-refractivity contribution in [1.82, 2.24) is 9.97 Å². The first-order chi connectivity index (χ1) is 14.3. The van der Waals surface area contributed by atoms with Gasteiger partial charge in [-0.3, -0.25) is 0 Å². The first kappa shape index (κ1) is 19.3. The second kappa shape index (κ2) is 8.97. The maximum Gasteiger partial charge on any atom is 0.162 e. The Bertz CT molecular complexity index is 1100. The van der Waals surface area contributed by atoms with E-state index >= 15 is 0 Å². The van der Waals surface area contributed by atoms with Gasteiger partial charge in [-0.1, -0.05) is 24.3 Å². The van der Waals surface area contributed by atoms with Crippen LogP contribution < -0.4 is 10.1 Å². The molecule has 0 fully saturated rings. The maximum atomic E-state index is 5.25. The quantitative estimate of drug-likeness (QED) is 0.404. The number of nitrogens with one attached hydrogen (secondary N) is 1. The van der Waals surface area contributed by atoms with E-state index in [-0.39, 0.29) is 0 Å². The van der Waals surface area contributed by atoms with Crippen LogP contribution in [-0.4, -0.2) is 29.9 Å². The van der Waals surface area contributed by atoms with Gasteiger partial charge in [0.15, 0.2) is 5.82 Å². The summed E-state index contributed by atoms with van der Waals surface area (Å²) >= 11 is 1.76. The topological polar surface area (TPSA) is 47.0 Å². The number of thioether (sulfide) groups is 1. The summed E-state index contributed by atoms with van der Waals surface area (Å²) in [6.45, 7) is 0.807. The van der Waals surface area contributed by atoms with E-state index in [9.17, 15) is 0 Å². The van der Waals surface area contributed by atoms with Gasteiger partial charge in [0.2, 0.25) is 0 Å². The molecule has 0 aliphatic carbocycles. The van der Waals surface area contributed by atoms with E-state index in [0.717, 1.165) is 41.0 Å². The second-order valence-corrected chi connectivity index (χ2v) is 7.55. The van der Waals surface area contributed by atoms with Gasteiger partial charge in [-0.05, 0) is 66.8 Å². The summed E-state index contributed by atoms with van der Waals surface area (Å²) in [6, 6.07) is 24.7. The largest absolute Gasteiger partial charge is 0.497 e. The predicted octanol–water partition coefficient (Wildman–Crippen LogP) is 5.68. The number of rotatable bonds is 7. The molecule has 0 spiro atoms. The van der Waals surface area contributed by atoms with E-state index in [1.54, 1.807) is 18.9 Å². The summed E-state index contributed by atoms with van der Waals surface area (Å²) in [4.78, 5) is 10.9. The third-order valence-corrected chi connectivity index (χ3v) is 5.56. The average molecular weight is 402 g/mol. The number of benzene rings is 3. The molecule has 146 valence electrons. The second-order valence-electron chi connectivity index (χ2n) is 6.67. The van der Waals surface area contributed by atoms with Gasteiger partial charge in [0.05, 0.1) is 12.6 Å². The van der Waals surface area contributed by atoms with Crippen molar-refractivity contribution in [3.63, 3.8) is 0 Å². The molecule has 0 bridgehead atoms. The van der Waals surface area contributed by atoms with Crippen LogP contribution in [0.1, 0.15) is 5.56 Å². The molecule has 0 aliphatic heterocycles. The van der Waals surface area contributed by atoms with Crippen molar-refractivity contribution in [1.29, 1.82) is 0 Å². The van der Waals surface area contributed by atoms with Crippen molar-refractivity contribution in [2.45, 2.75) is 11.3 Å². The van der Waals surface area contributed by atoms with Crippen LogP contribution in [0.25, 0.3) is 22.3 Å². The molecule has 0 amide bonds. The molecule has 0 saturated carbocycles. The van der Waals surface area contributed by atoms with Crippen molar-refractivity contribution >= 4 is 28.5 Å². The Morgan fingerprint density at radius 1 is 0.897 bits per heavy atom. The molecule has 29 heavy (non-hydrogen) atoms. The Hall–Kier alpha value is -3.05. The zero-order valence-corrected chi connectivity index (χ0v) is 17.4. The maximum absolute atomic E-state index is 5.25. The molecule has 0 saturated heterocycles. The molecule has 5 heteroatoms. The lowest BCUT2D eigenvalue weighted by Gasteiger charge is -2.11. The van der Waals surface area contributed by atoms with Crippen molar-refractivity contribution in [3.05, 3.63) is 78.4 Å². The smallest absolute Gasteiger partial charge is 0.162 e. The number of anilines is 1. The fraction of sp³-hybridized carbons (Fsp3) is 0.167. The molecule has 4 aromatic rings. The fourth-order valence-electron chi connectivity index (χ4n) is 3.20. The number of hydrogen-bond donors (Lipinski definition) is 1. The van der Waals surface area contributed by atoms with Crippen molar-refractivity contribution in [2.24, 2.45) is 0 Å². The van der Waals surface area contributed by atoms with Crippen LogP contribution >= 0.6 is 11.8 Å². The van der Waals surface area contributed by atoms with E-state index in [0.29, 0.717) is 5.82 Å². The highest BCUT2D eigenvalue weighted by Crippen LogP contribution is 2.26. The summed E-state index contributed by atoms with van der Waals surface area (Å²) in [5.74, 6) is 2.39. The van der Waals surface area contributed by atoms with Gasteiger partial charge >= 0.3 is 0 Å². The summed E-state index contributed by atoms with van der Waals surface area (Å²) in [5, 5.41) is 4.55. The molecule has 1 N–H and O–H groups in total. The molecule has 0 atom stereocenters. The highest BCUT2D eigenvalue weighted by Gasteiger charge is 2.09. The average Bonchev–Trinajstić information content (AvgIpc) is 2.79. The van der Waals surface area contributed by atoms with Crippen LogP contribution in [0.3, 0.4) is 0 Å². The Morgan fingerprint density at radius 3 is 2.38 bits per heavy atom. The zero-order chi connectivity index (χ0) is 20.1. The van der Waals surface area contributed by atoms with Gasteiger partial charge < -0.3 is 10.1 Å². The number of para-hydroxylation sites is 1. The van der Waals surface area contributed by atoms with Gasteiger partial charge in [0.25, 0.3) is 0 Å². The van der Waals surface area contributed by atoms with E-state index < -0.39 is 0 Å². The number of nitrogens with zero attached hydrogens (tertiary/aromatic N) is 2. The number of aromatic nitrogens is 2. The van der Waals surface area contributed by atoms with Gasteiger partial charge in [0.1, 0.15) is 11.6 Å². The summed E-state index contributed by atoms with van der Waals surface area (Å²) in [6.07, 6.45) is 3.03. The Labute approximate surface area is 175 Å². The highest BCUT2D eigenvalue weighted by molar-refractivity contribution is 7.98. The first-order valence-corrected chi connectivity index (χ1v) is 10.8. The molecule has 3 aromatic carbocycles. The number of fused-ring (bicyclic) bond motifs is 1. The standard InChI is InChI=1S/C24H23N3OS/c1-28-19-11-9-18(10-12-19)23-26-22-6-4-3-5-21(22)24(27-23)25-16-15-17-7-13-20(29-2)14-8-17/h3-14H,15-16H2,1-2H3,(H,25,26,27). The number of methoxy groups -OCH3 is 1. The summed E-state index contributed by atoms with van der Waals surface area (Å²) in [7, 11) is 1.66. The van der Waals surface area contributed by atoms with E-state index in [4.69, 9.17) is 14.7 Å². The normalized spacial score (nSPS) is 10.8. The Kier molecular flexibility index (Phi) is 5.96. The summed E-state index contributed by atoms with van der Waals surface area (Å²) < 4.78 is 5.25. The molecular weight excluding hydrogens is 378 g/mol. The molecule has 1 aromatic heterocycles. The lowest BCUT2D eigenvalue weighted by Crippen LogP contribution is -2.08. The van der Waals surface area contributed by atoms with E-state index in [2.05, 4.69) is 41.9 Å². The van der Waals surface area contributed by atoms with Crippen molar-refractivity contribution in [3.8, 4) is 17.1 Å². The van der Waals surface area contributed by atoms with Gasteiger partial charge in [0, 0.05) is 22.4 Å². The number of ether oxygens (including phenoxy) is 1. The Morgan fingerprint density at radius 2 is 1.66 bits per heavy atom. The van der Waals surface area contributed by atoms with Crippen LogP contribution in [0.2, 0.25) is 0 Å². The van der Waals surface area contributed by atoms with Gasteiger partial charge in [-0.15, -0.1) is 11.8 Å². The van der Waals surface area contributed by atoms with Crippen LogP contribution in [0, 0.1) is 0 Å². The van der Waals surface area contributed by atoms with Crippen LogP contribution in [0.5, 0.6) is 5.75 Å². The van der Waals surface area contributed by atoms with Crippen LogP contribution in [0.4, 0.5) is 5.82 Å². The third kappa shape index (κ3) is 4.51. The summed E-state index contributed by atoms with van der Waals surface area (Å²) in [5.41, 5.74) is 3.21. The minimum atomic E-state index is 0.707. The fourth-order valence-corrected chi connectivity index (χ4v) is 3.61. The molecule has 4 rings (SSSR count). The lowest BCUT2D eigenvalue weighted by atomic mass is 10.1.